The lowest BCUT2D eigenvalue weighted by molar-refractivity contribution is -0.145. The molecule has 98 valence electrons. The SMILES string of the molecule is CC.CCOC(=O)C1C2Oc3ccc(O)cc3C21. The van der Waals surface area contributed by atoms with Gasteiger partial charge in [0.05, 0.1) is 6.61 Å². The van der Waals surface area contributed by atoms with Crippen molar-refractivity contribution in [3.05, 3.63) is 23.8 Å². The Balaban J connectivity index is 0.000000574. The number of hydrogen-bond acceptors (Lipinski definition) is 4. The number of phenolic OH excluding ortho intramolecular Hbond substituents is 1. The van der Waals surface area contributed by atoms with Gasteiger partial charge in [-0.3, -0.25) is 4.79 Å². The zero-order valence-corrected chi connectivity index (χ0v) is 10.8. The molecule has 4 heteroatoms. The summed E-state index contributed by atoms with van der Waals surface area (Å²) in [5.41, 5.74) is 0.919. The summed E-state index contributed by atoms with van der Waals surface area (Å²) in [6, 6.07) is 4.99. The number of phenols is 1. The molecule has 0 radical (unpaired) electrons. The highest BCUT2D eigenvalue weighted by molar-refractivity contribution is 5.80. The zero-order valence-electron chi connectivity index (χ0n) is 10.8. The van der Waals surface area contributed by atoms with Gasteiger partial charge in [0.15, 0.2) is 0 Å². The molecule has 0 spiro atoms. The fourth-order valence-corrected chi connectivity index (χ4v) is 2.37. The molecule has 3 unspecified atom stereocenters. The maximum Gasteiger partial charge on any atom is 0.313 e. The van der Waals surface area contributed by atoms with Crippen LogP contribution in [0.3, 0.4) is 0 Å². The van der Waals surface area contributed by atoms with Crippen molar-refractivity contribution in [1.82, 2.24) is 0 Å². The van der Waals surface area contributed by atoms with Gasteiger partial charge < -0.3 is 14.6 Å². The number of esters is 1. The van der Waals surface area contributed by atoms with E-state index in [1.807, 2.05) is 13.8 Å². The van der Waals surface area contributed by atoms with Crippen molar-refractivity contribution in [2.24, 2.45) is 5.92 Å². The Bertz CT molecular complexity index is 455. The molecule has 4 nitrogen and oxygen atoms in total. The molecular formula is C14H18O4. The van der Waals surface area contributed by atoms with Crippen LogP contribution in [0.5, 0.6) is 11.5 Å². The molecule has 0 aromatic heterocycles. The van der Waals surface area contributed by atoms with Gasteiger partial charge in [0.25, 0.3) is 0 Å². The first-order chi connectivity index (χ1) is 8.72. The van der Waals surface area contributed by atoms with Crippen molar-refractivity contribution in [3.8, 4) is 11.5 Å². The average molecular weight is 250 g/mol. The minimum atomic E-state index is -0.202. The Labute approximate surface area is 107 Å². The van der Waals surface area contributed by atoms with Gasteiger partial charge >= 0.3 is 5.97 Å². The second-order valence-corrected chi connectivity index (χ2v) is 4.11. The quantitative estimate of drug-likeness (QED) is 0.819. The number of carbonyl (C=O) groups is 1. The van der Waals surface area contributed by atoms with Gasteiger partial charge in [0.1, 0.15) is 23.5 Å². The molecule has 3 atom stereocenters. The van der Waals surface area contributed by atoms with E-state index in [9.17, 15) is 9.90 Å². The van der Waals surface area contributed by atoms with Crippen LogP contribution in [0.1, 0.15) is 32.3 Å². The van der Waals surface area contributed by atoms with Crippen LogP contribution in [0.4, 0.5) is 0 Å². The highest BCUT2D eigenvalue weighted by Crippen LogP contribution is 2.59. The Morgan fingerprint density at radius 3 is 2.83 bits per heavy atom. The van der Waals surface area contributed by atoms with Crippen LogP contribution < -0.4 is 4.74 Å². The van der Waals surface area contributed by atoms with Gasteiger partial charge in [-0.25, -0.2) is 0 Å². The molecule has 18 heavy (non-hydrogen) atoms. The molecule has 1 aromatic rings. The van der Waals surface area contributed by atoms with Crippen molar-refractivity contribution in [1.29, 1.82) is 0 Å². The van der Waals surface area contributed by atoms with E-state index in [2.05, 4.69) is 0 Å². The Hall–Kier alpha value is -1.71. The summed E-state index contributed by atoms with van der Waals surface area (Å²) >= 11 is 0. The van der Waals surface area contributed by atoms with E-state index in [4.69, 9.17) is 9.47 Å². The Morgan fingerprint density at radius 1 is 1.44 bits per heavy atom. The van der Waals surface area contributed by atoms with Crippen LogP contribution in [0, 0.1) is 5.92 Å². The predicted octanol–water partition coefficient (Wildman–Crippen LogP) is 2.46. The number of hydrogen-bond donors (Lipinski definition) is 1. The van der Waals surface area contributed by atoms with Crippen LogP contribution >= 0.6 is 0 Å². The molecule has 0 amide bonds. The minimum Gasteiger partial charge on any atom is -0.508 e. The summed E-state index contributed by atoms with van der Waals surface area (Å²) in [7, 11) is 0. The third-order valence-electron chi connectivity index (χ3n) is 3.13. The van der Waals surface area contributed by atoms with Crippen molar-refractivity contribution in [2.75, 3.05) is 6.61 Å². The number of rotatable bonds is 2. The summed E-state index contributed by atoms with van der Waals surface area (Å²) < 4.78 is 10.6. The van der Waals surface area contributed by atoms with Crippen LogP contribution in [0.2, 0.25) is 0 Å². The van der Waals surface area contributed by atoms with Gasteiger partial charge in [-0.1, -0.05) is 13.8 Å². The second kappa shape index (κ2) is 4.88. The summed E-state index contributed by atoms with van der Waals surface area (Å²) in [6.45, 7) is 6.18. The van der Waals surface area contributed by atoms with Gasteiger partial charge in [-0.15, -0.1) is 0 Å². The number of carbonyl (C=O) groups excluding carboxylic acids is 1. The van der Waals surface area contributed by atoms with Crippen LogP contribution in [0.15, 0.2) is 18.2 Å². The standard InChI is InChI=1S/C12H12O4.C2H6/c1-2-15-12(14)10-9-7-5-6(13)3-4-8(7)16-11(9)10;1-2/h3-5,9-11,13H,2H2,1H3;1-2H3. The molecule has 1 aromatic carbocycles. The molecule has 0 saturated heterocycles. The molecular weight excluding hydrogens is 232 g/mol. The predicted molar refractivity (Wildman–Crippen MR) is 66.7 cm³/mol. The summed E-state index contributed by atoms with van der Waals surface area (Å²) in [6.07, 6.45) is -0.0872. The second-order valence-electron chi connectivity index (χ2n) is 4.11. The van der Waals surface area contributed by atoms with Crippen molar-refractivity contribution < 1.29 is 19.4 Å². The maximum absolute atomic E-state index is 11.5. The van der Waals surface area contributed by atoms with E-state index >= 15 is 0 Å². The van der Waals surface area contributed by atoms with E-state index in [1.54, 1.807) is 25.1 Å². The third-order valence-corrected chi connectivity index (χ3v) is 3.13. The van der Waals surface area contributed by atoms with Crippen molar-refractivity contribution >= 4 is 5.97 Å². The van der Waals surface area contributed by atoms with E-state index in [1.165, 1.54) is 0 Å². The third kappa shape index (κ3) is 1.92. The van der Waals surface area contributed by atoms with Gasteiger partial charge in [0.2, 0.25) is 0 Å². The van der Waals surface area contributed by atoms with E-state index in [0.29, 0.717) is 6.61 Å². The topological polar surface area (TPSA) is 55.8 Å². The molecule has 3 rings (SSSR count). The highest BCUT2D eigenvalue weighted by atomic mass is 16.5. The lowest BCUT2D eigenvalue weighted by atomic mass is 10.1. The molecule has 1 aliphatic carbocycles. The number of ether oxygens (including phenoxy) is 2. The lowest BCUT2D eigenvalue weighted by Crippen LogP contribution is -2.13. The number of fused-ring (bicyclic) bond motifs is 3. The molecule has 2 aliphatic rings. The maximum atomic E-state index is 11.5. The minimum absolute atomic E-state index is 0.0705. The molecule has 1 aliphatic heterocycles. The van der Waals surface area contributed by atoms with E-state index < -0.39 is 0 Å². The average Bonchev–Trinajstić information content (AvgIpc) is 2.98. The first-order valence-electron chi connectivity index (χ1n) is 6.38. The molecule has 1 N–H and O–H groups in total. The van der Waals surface area contributed by atoms with Gasteiger partial charge in [-0.05, 0) is 25.1 Å². The van der Waals surface area contributed by atoms with Crippen LogP contribution in [-0.2, 0) is 9.53 Å². The zero-order chi connectivity index (χ0) is 13.3. The Morgan fingerprint density at radius 2 is 2.17 bits per heavy atom. The van der Waals surface area contributed by atoms with Gasteiger partial charge in [0, 0.05) is 11.5 Å². The first-order valence-corrected chi connectivity index (χ1v) is 6.38. The lowest BCUT2D eigenvalue weighted by Gasteiger charge is -2.07. The van der Waals surface area contributed by atoms with E-state index in [0.717, 1.165) is 11.3 Å². The fraction of sp³-hybridized carbons (Fsp3) is 0.500. The normalized spacial score (nSPS) is 26.1. The molecule has 0 bridgehead atoms. The van der Waals surface area contributed by atoms with Crippen LogP contribution in [0.25, 0.3) is 0 Å². The Kier molecular flexibility index (Phi) is 3.45. The smallest absolute Gasteiger partial charge is 0.313 e. The highest BCUT2D eigenvalue weighted by Gasteiger charge is 2.63. The largest absolute Gasteiger partial charge is 0.508 e. The van der Waals surface area contributed by atoms with Crippen LogP contribution in [-0.4, -0.2) is 23.8 Å². The molecule has 1 heterocycles. The van der Waals surface area contributed by atoms with Crippen molar-refractivity contribution in [3.63, 3.8) is 0 Å². The summed E-state index contributed by atoms with van der Waals surface area (Å²) in [4.78, 5) is 11.5. The summed E-state index contributed by atoms with van der Waals surface area (Å²) in [5, 5.41) is 9.39. The van der Waals surface area contributed by atoms with Crippen molar-refractivity contribution in [2.45, 2.75) is 32.8 Å². The monoisotopic (exact) mass is 250 g/mol. The van der Waals surface area contributed by atoms with Gasteiger partial charge in [-0.2, -0.15) is 0 Å². The molecule has 1 saturated carbocycles. The molecule has 1 fully saturated rings. The number of benzene rings is 1. The first kappa shape index (κ1) is 12.7. The number of aromatic hydroxyl groups is 1. The van der Waals surface area contributed by atoms with E-state index in [-0.39, 0.29) is 29.7 Å². The summed E-state index contributed by atoms with van der Waals surface area (Å²) in [5.74, 6) is 0.660. The fourth-order valence-electron chi connectivity index (χ4n) is 2.37.